The Morgan fingerprint density at radius 3 is 2.68 bits per heavy atom. The molecule has 3 N–H and O–H groups in total. The molecule has 0 fully saturated rings. The Morgan fingerprint density at radius 1 is 1.21 bits per heavy atom. The number of fused-ring (bicyclic) bond motifs is 1. The molecule has 102 valence electrons. The van der Waals surface area contributed by atoms with E-state index in [-0.39, 0.29) is 0 Å². The average Bonchev–Trinajstić information content (AvgIpc) is 2.38. The van der Waals surface area contributed by atoms with Gasteiger partial charge in [-0.25, -0.2) is 0 Å². The summed E-state index contributed by atoms with van der Waals surface area (Å²) in [6.45, 7) is 8.54. The Hall–Kier alpha value is -1.61. The third-order valence-electron chi connectivity index (χ3n) is 3.71. The Bertz CT molecular complexity index is 549. The van der Waals surface area contributed by atoms with E-state index < -0.39 is 0 Å². The number of benzene rings is 1. The summed E-state index contributed by atoms with van der Waals surface area (Å²) in [7, 11) is 0. The van der Waals surface area contributed by atoms with Crippen molar-refractivity contribution in [1.82, 2.24) is 10.3 Å². The molecule has 0 radical (unpaired) electrons. The van der Waals surface area contributed by atoms with Crippen molar-refractivity contribution in [2.24, 2.45) is 11.8 Å². The van der Waals surface area contributed by atoms with Gasteiger partial charge in [-0.2, -0.15) is 0 Å². The van der Waals surface area contributed by atoms with Crippen molar-refractivity contribution in [3.05, 3.63) is 36.0 Å². The van der Waals surface area contributed by atoms with E-state index >= 15 is 0 Å². The van der Waals surface area contributed by atoms with E-state index in [1.54, 1.807) is 0 Å². The van der Waals surface area contributed by atoms with Gasteiger partial charge in [0.05, 0.1) is 11.2 Å². The van der Waals surface area contributed by atoms with Crippen LogP contribution in [0.25, 0.3) is 10.9 Å². The smallest absolute Gasteiger partial charge is 0.0726 e. The number of hydrogen-bond donors (Lipinski definition) is 2. The van der Waals surface area contributed by atoms with Gasteiger partial charge in [0.15, 0.2) is 0 Å². The first-order valence-corrected chi connectivity index (χ1v) is 6.92. The summed E-state index contributed by atoms with van der Waals surface area (Å²) in [6, 6.07) is 9.96. The number of hydrogen-bond acceptors (Lipinski definition) is 3. The van der Waals surface area contributed by atoms with Crippen LogP contribution in [0.3, 0.4) is 0 Å². The normalized spacial score (nSPS) is 13.1. The van der Waals surface area contributed by atoms with Crippen molar-refractivity contribution in [3.8, 4) is 0 Å². The quantitative estimate of drug-likeness (QED) is 0.865. The third kappa shape index (κ3) is 3.44. The molecule has 3 heteroatoms. The van der Waals surface area contributed by atoms with Crippen LogP contribution in [0.15, 0.2) is 30.3 Å². The summed E-state index contributed by atoms with van der Waals surface area (Å²) in [6.07, 6.45) is 0. The minimum absolute atomic E-state index is 0.665. The molecule has 2 rings (SSSR count). The maximum absolute atomic E-state index is 6.07. The first kappa shape index (κ1) is 13.8. The molecule has 0 bridgehead atoms. The average molecular weight is 257 g/mol. The van der Waals surface area contributed by atoms with E-state index in [2.05, 4.69) is 31.1 Å². The predicted octanol–water partition coefficient (Wildman–Crippen LogP) is 3.20. The molecule has 0 amide bonds. The van der Waals surface area contributed by atoms with Crippen molar-refractivity contribution in [2.75, 3.05) is 12.3 Å². The summed E-state index contributed by atoms with van der Waals surface area (Å²) in [5, 5.41) is 4.49. The number of rotatable bonds is 5. The van der Waals surface area contributed by atoms with E-state index in [1.807, 2.05) is 30.3 Å². The van der Waals surface area contributed by atoms with E-state index in [0.29, 0.717) is 11.8 Å². The molecule has 3 nitrogen and oxygen atoms in total. The van der Waals surface area contributed by atoms with Crippen LogP contribution < -0.4 is 11.1 Å². The lowest BCUT2D eigenvalue weighted by molar-refractivity contribution is 0.392. The van der Waals surface area contributed by atoms with Crippen LogP contribution in [0, 0.1) is 11.8 Å². The van der Waals surface area contributed by atoms with Gasteiger partial charge in [0, 0.05) is 17.6 Å². The van der Waals surface area contributed by atoms with Gasteiger partial charge in [-0.15, -0.1) is 0 Å². The molecule has 19 heavy (non-hydrogen) atoms. The molecule has 0 spiro atoms. The van der Waals surface area contributed by atoms with Crippen molar-refractivity contribution in [2.45, 2.75) is 27.3 Å². The molecule has 0 aliphatic carbocycles. The fourth-order valence-corrected chi connectivity index (χ4v) is 2.01. The zero-order valence-corrected chi connectivity index (χ0v) is 12.0. The van der Waals surface area contributed by atoms with Crippen LogP contribution in [0.2, 0.25) is 0 Å². The monoisotopic (exact) mass is 257 g/mol. The van der Waals surface area contributed by atoms with E-state index in [0.717, 1.165) is 35.4 Å². The summed E-state index contributed by atoms with van der Waals surface area (Å²) in [4.78, 5) is 4.64. The van der Waals surface area contributed by atoms with Gasteiger partial charge < -0.3 is 11.1 Å². The van der Waals surface area contributed by atoms with Gasteiger partial charge in [-0.05, 0) is 30.5 Å². The lowest BCUT2D eigenvalue weighted by Crippen LogP contribution is -2.24. The summed E-state index contributed by atoms with van der Waals surface area (Å²) < 4.78 is 0. The number of nitrogens with zero attached hydrogens (tertiary/aromatic N) is 1. The van der Waals surface area contributed by atoms with Gasteiger partial charge in [0.25, 0.3) is 0 Å². The first-order chi connectivity index (χ1) is 9.08. The van der Waals surface area contributed by atoms with Crippen molar-refractivity contribution in [3.63, 3.8) is 0 Å². The van der Waals surface area contributed by atoms with Crippen molar-refractivity contribution < 1.29 is 0 Å². The van der Waals surface area contributed by atoms with Crippen LogP contribution in [-0.2, 0) is 6.54 Å². The molecular weight excluding hydrogens is 234 g/mol. The molecular formula is C16H23N3. The van der Waals surface area contributed by atoms with Gasteiger partial charge in [-0.3, -0.25) is 4.98 Å². The van der Waals surface area contributed by atoms with Crippen molar-refractivity contribution >= 4 is 16.6 Å². The number of nitrogen functional groups attached to an aromatic ring is 1. The SMILES string of the molecule is CC(C)C(C)CNCc1cc(N)c2ccccc2n1. The number of anilines is 1. The second-order valence-electron chi connectivity index (χ2n) is 5.57. The minimum Gasteiger partial charge on any atom is -0.398 e. The Balaban J connectivity index is 2.05. The zero-order chi connectivity index (χ0) is 13.8. The molecule has 1 unspecified atom stereocenters. The predicted molar refractivity (Wildman–Crippen MR) is 81.9 cm³/mol. The van der Waals surface area contributed by atoms with Gasteiger partial charge in [-0.1, -0.05) is 39.0 Å². The fourth-order valence-electron chi connectivity index (χ4n) is 2.01. The van der Waals surface area contributed by atoms with Crippen LogP contribution in [0.1, 0.15) is 26.5 Å². The highest BCUT2D eigenvalue weighted by Crippen LogP contribution is 2.20. The molecule has 0 aliphatic rings. The first-order valence-electron chi connectivity index (χ1n) is 6.92. The molecule has 1 heterocycles. The highest BCUT2D eigenvalue weighted by molar-refractivity contribution is 5.90. The fraction of sp³-hybridized carbons (Fsp3) is 0.438. The van der Waals surface area contributed by atoms with Crippen LogP contribution in [0.5, 0.6) is 0 Å². The van der Waals surface area contributed by atoms with Crippen LogP contribution in [-0.4, -0.2) is 11.5 Å². The van der Waals surface area contributed by atoms with Gasteiger partial charge >= 0.3 is 0 Å². The number of aromatic nitrogens is 1. The van der Waals surface area contributed by atoms with E-state index in [4.69, 9.17) is 5.73 Å². The topological polar surface area (TPSA) is 50.9 Å². The zero-order valence-electron chi connectivity index (χ0n) is 12.0. The van der Waals surface area contributed by atoms with E-state index in [9.17, 15) is 0 Å². The number of nitrogens with one attached hydrogen (secondary N) is 1. The molecule has 1 atom stereocenters. The standard InChI is InChI=1S/C16H23N3/c1-11(2)12(3)9-18-10-13-8-15(17)14-6-4-5-7-16(14)19-13/h4-8,11-12,18H,9-10H2,1-3H3,(H2,17,19). The Labute approximate surface area is 115 Å². The summed E-state index contributed by atoms with van der Waals surface area (Å²) in [5.74, 6) is 1.36. The minimum atomic E-state index is 0.665. The maximum Gasteiger partial charge on any atom is 0.0726 e. The summed E-state index contributed by atoms with van der Waals surface area (Å²) >= 11 is 0. The number of nitrogens with two attached hydrogens (primary N) is 1. The van der Waals surface area contributed by atoms with Crippen LogP contribution >= 0.6 is 0 Å². The molecule has 0 saturated carbocycles. The summed E-state index contributed by atoms with van der Waals surface area (Å²) in [5.41, 5.74) is 8.85. The number of para-hydroxylation sites is 1. The third-order valence-corrected chi connectivity index (χ3v) is 3.71. The van der Waals surface area contributed by atoms with Gasteiger partial charge in [0.1, 0.15) is 0 Å². The van der Waals surface area contributed by atoms with Crippen molar-refractivity contribution in [1.29, 1.82) is 0 Å². The number of pyridine rings is 1. The molecule has 0 aliphatic heterocycles. The highest BCUT2D eigenvalue weighted by atomic mass is 14.9. The lowest BCUT2D eigenvalue weighted by Gasteiger charge is -2.16. The van der Waals surface area contributed by atoms with Gasteiger partial charge in [0.2, 0.25) is 0 Å². The van der Waals surface area contributed by atoms with Crippen LogP contribution in [0.4, 0.5) is 5.69 Å². The van der Waals surface area contributed by atoms with E-state index in [1.165, 1.54) is 0 Å². The second-order valence-corrected chi connectivity index (χ2v) is 5.57. The molecule has 1 aromatic carbocycles. The Kier molecular flexibility index (Phi) is 4.38. The highest BCUT2D eigenvalue weighted by Gasteiger charge is 2.07. The molecule has 0 saturated heterocycles. The maximum atomic E-state index is 6.07. The largest absolute Gasteiger partial charge is 0.398 e. The second kappa shape index (κ2) is 6.02. The Morgan fingerprint density at radius 2 is 1.95 bits per heavy atom. The lowest BCUT2D eigenvalue weighted by atomic mass is 9.98. The molecule has 2 aromatic rings. The molecule has 1 aromatic heterocycles.